The van der Waals surface area contributed by atoms with E-state index in [1.165, 1.54) is 5.56 Å². The first kappa shape index (κ1) is 18.3. The molecule has 2 aromatic heterocycles. The summed E-state index contributed by atoms with van der Waals surface area (Å²) in [6.07, 6.45) is 2.49. The van der Waals surface area contributed by atoms with Gasteiger partial charge in [-0.15, -0.1) is 0 Å². The van der Waals surface area contributed by atoms with Gasteiger partial charge in [0.1, 0.15) is 6.04 Å². The number of nitrogens with zero attached hydrogens (tertiary/aromatic N) is 3. The molecular formula is C21H24N6O. The molecule has 3 aromatic rings. The standard InChI is InChI=1S/C21H24N6O/c1-14-10-15(2)27(26-14)20-9-8-16(12-22-20)13-23-21(28)19-11-18(24-25-19)17-6-4-3-5-7-17/h3-10,12,18-19,24-25H,11,13H2,1-2H3,(H,23,28). The number of hydrogen-bond acceptors (Lipinski definition) is 5. The van der Waals surface area contributed by atoms with Crippen LogP contribution in [0.3, 0.4) is 0 Å². The number of aryl methyl sites for hydroxylation is 2. The first-order valence-electron chi connectivity index (χ1n) is 9.42. The van der Waals surface area contributed by atoms with Crippen LogP contribution in [0.4, 0.5) is 0 Å². The summed E-state index contributed by atoms with van der Waals surface area (Å²) < 4.78 is 1.82. The number of benzene rings is 1. The number of carbonyl (C=O) groups excluding carboxylic acids is 1. The Hall–Kier alpha value is -3.03. The molecule has 7 nitrogen and oxygen atoms in total. The smallest absolute Gasteiger partial charge is 0.238 e. The van der Waals surface area contributed by atoms with E-state index in [0.717, 1.165) is 22.8 Å². The predicted octanol–water partition coefficient (Wildman–Crippen LogP) is 2.11. The van der Waals surface area contributed by atoms with Crippen molar-refractivity contribution in [3.8, 4) is 5.82 Å². The molecule has 1 aromatic carbocycles. The van der Waals surface area contributed by atoms with Crippen LogP contribution in [0.2, 0.25) is 0 Å². The van der Waals surface area contributed by atoms with Gasteiger partial charge in [-0.1, -0.05) is 36.4 Å². The monoisotopic (exact) mass is 376 g/mol. The fraction of sp³-hybridized carbons (Fsp3) is 0.286. The van der Waals surface area contributed by atoms with Crippen LogP contribution in [0.1, 0.15) is 35.0 Å². The average Bonchev–Trinajstić information content (AvgIpc) is 3.34. The highest BCUT2D eigenvalue weighted by molar-refractivity contribution is 5.82. The van der Waals surface area contributed by atoms with Crippen molar-refractivity contribution in [1.29, 1.82) is 0 Å². The van der Waals surface area contributed by atoms with Crippen LogP contribution < -0.4 is 16.2 Å². The maximum absolute atomic E-state index is 12.5. The molecule has 0 saturated carbocycles. The maximum Gasteiger partial charge on any atom is 0.238 e. The molecule has 1 aliphatic rings. The first-order valence-corrected chi connectivity index (χ1v) is 9.42. The largest absolute Gasteiger partial charge is 0.351 e. The molecule has 2 unspecified atom stereocenters. The quantitative estimate of drug-likeness (QED) is 0.635. The number of carbonyl (C=O) groups is 1. The molecule has 1 aliphatic heterocycles. The molecular weight excluding hydrogens is 352 g/mol. The normalized spacial score (nSPS) is 18.9. The van der Waals surface area contributed by atoms with E-state index in [-0.39, 0.29) is 18.0 Å². The molecule has 3 N–H and O–H groups in total. The summed E-state index contributed by atoms with van der Waals surface area (Å²) in [6.45, 7) is 4.40. The highest BCUT2D eigenvalue weighted by Gasteiger charge is 2.29. The van der Waals surface area contributed by atoms with E-state index >= 15 is 0 Å². The Balaban J connectivity index is 1.32. The van der Waals surface area contributed by atoms with Gasteiger partial charge in [-0.2, -0.15) is 5.10 Å². The van der Waals surface area contributed by atoms with Crippen molar-refractivity contribution >= 4 is 5.91 Å². The summed E-state index contributed by atoms with van der Waals surface area (Å²) in [7, 11) is 0. The van der Waals surface area contributed by atoms with E-state index in [1.807, 2.05) is 54.9 Å². The lowest BCUT2D eigenvalue weighted by Gasteiger charge is -2.11. The summed E-state index contributed by atoms with van der Waals surface area (Å²) in [5, 5.41) is 7.42. The summed E-state index contributed by atoms with van der Waals surface area (Å²) in [5.74, 6) is 0.751. The van der Waals surface area contributed by atoms with Crippen molar-refractivity contribution in [1.82, 2.24) is 30.9 Å². The lowest BCUT2D eigenvalue weighted by atomic mass is 10.0. The Morgan fingerprint density at radius 3 is 2.68 bits per heavy atom. The van der Waals surface area contributed by atoms with Crippen molar-refractivity contribution in [2.24, 2.45) is 0 Å². The minimum atomic E-state index is -0.257. The third kappa shape index (κ3) is 3.95. The van der Waals surface area contributed by atoms with Crippen LogP contribution in [-0.2, 0) is 11.3 Å². The number of pyridine rings is 1. The predicted molar refractivity (Wildman–Crippen MR) is 107 cm³/mol. The second kappa shape index (κ2) is 7.92. The Morgan fingerprint density at radius 1 is 1.18 bits per heavy atom. The van der Waals surface area contributed by atoms with E-state index in [9.17, 15) is 4.79 Å². The van der Waals surface area contributed by atoms with Crippen LogP contribution in [0.15, 0.2) is 54.7 Å². The van der Waals surface area contributed by atoms with E-state index in [4.69, 9.17) is 0 Å². The number of nitrogens with one attached hydrogen (secondary N) is 3. The Bertz CT molecular complexity index is 951. The Labute approximate surface area is 164 Å². The third-order valence-electron chi connectivity index (χ3n) is 4.92. The first-order chi connectivity index (χ1) is 13.6. The molecule has 1 fully saturated rings. The van der Waals surface area contributed by atoms with Gasteiger partial charge >= 0.3 is 0 Å². The molecule has 7 heteroatoms. The van der Waals surface area contributed by atoms with Crippen molar-refractivity contribution < 1.29 is 4.79 Å². The number of aromatic nitrogens is 3. The molecule has 2 atom stereocenters. The SMILES string of the molecule is Cc1cc(C)n(-c2ccc(CNC(=O)C3CC(c4ccccc4)NN3)cn2)n1. The van der Waals surface area contributed by atoms with Gasteiger partial charge in [0.05, 0.1) is 5.69 Å². The van der Waals surface area contributed by atoms with E-state index in [2.05, 4.69) is 38.4 Å². The highest BCUT2D eigenvalue weighted by atomic mass is 16.2. The zero-order chi connectivity index (χ0) is 19.5. The van der Waals surface area contributed by atoms with Gasteiger partial charge < -0.3 is 5.32 Å². The topological polar surface area (TPSA) is 83.9 Å². The molecule has 1 saturated heterocycles. The van der Waals surface area contributed by atoms with Gasteiger partial charge in [-0.05, 0) is 43.5 Å². The summed E-state index contributed by atoms with van der Waals surface area (Å²) in [6, 6.07) is 15.9. The fourth-order valence-electron chi connectivity index (χ4n) is 3.45. The molecule has 4 rings (SSSR count). The van der Waals surface area contributed by atoms with Gasteiger partial charge in [0.15, 0.2) is 5.82 Å². The van der Waals surface area contributed by atoms with E-state index < -0.39 is 0 Å². The van der Waals surface area contributed by atoms with Gasteiger partial charge in [0.2, 0.25) is 5.91 Å². The second-order valence-electron chi connectivity index (χ2n) is 7.12. The number of hydrogen-bond donors (Lipinski definition) is 3. The van der Waals surface area contributed by atoms with Crippen LogP contribution in [0, 0.1) is 13.8 Å². The molecule has 1 amide bonds. The van der Waals surface area contributed by atoms with Crippen molar-refractivity contribution in [2.75, 3.05) is 0 Å². The lowest BCUT2D eigenvalue weighted by molar-refractivity contribution is -0.123. The van der Waals surface area contributed by atoms with Crippen molar-refractivity contribution in [3.05, 3.63) is 77.2 Å². The van der Waals surface area contributed by atoms with Crippen molar-refractivity contribution in [3.63, 3.8) is 0 Å². The van der Waals surface area contributed by atoms with Crippen LogP contribution in [0.5, 0.6) is 0 Å². The zero-order valence-corrected chi connectivity index (χ0v) is 16.0. The van der Waals surface area contributed by atoms with Gasteiger partial charge in [0.25, 0.3) is 0 Å². The Morgan fingerprint density at radius 2 is 2.00 bits per heavy atom. The summed E-state index contributed by atoms with van der Waals surface area (Å²) >= 11 is 0. The number of rotatable bonds is 5. The zero-order valence-electron chi connectivity index (χ0n) is 16.0. The van der Waals surface area contributed by atoms with Gasteiger partial charge in [0, 0.05) is 24.5 Å². The van der Waals surface area contributed by atoms with E-state index in [0.29, 0.717) is 13.0 Å². The maximum atomic E-state index is 12.5. The molecule has 3 heterocycles. The molecule has 28 heavy (non-hydrogen) atoms. The van der Waals surface area contributed by atoms with Gasteiger partial charge in [-0.3, -0.25) is 4.79 Å². The van der Waals surface area contributed by atoms with Crippen LogP contribution >= 0.6 is 0 Å². The summed E-state index contributed by atoms with van der Waals surface area (Å²) in [4.78, 5) is 17.0. The molecule has 144 valence electrons. The average molecular weight is 376 g/mol. The minimum Gasteiger partial charge on any atom is -0.351 e. The molecule has 0 aliphatic carbocycles. The number of hydrazine groups is 1. The number of amides is 1. The summed E-state index contributed by atoms with van der Waals surface area (Å²) in [5.41, 5.74) is 10.4. The molecule has 0 radical (unpaired) electrons. The Kier molecular flexibility index (Phi) is 5.18. The highest BCUT2D eigenvalue weighted by Crippen LogP contribution is 2.21. The lowest BCUT2D eigenvalue weighted by Crippen LogP contribution is -2.42. The van der Waals surface area contributed by atoms with Crippen LogP contribution in [-0.4, -0.2) is 26.7 Å². The molecule has 0 spiro atoms. The molecule has 0 bridgehead atoms. The van der Waals surface area contributed by atoms with Gasteiger partial charge in [-0.25, -0.2) is 20.5 Å². The minimum absolute atomic E-state index is 0.0199. The van der Waals surface area contributed by atoms with E-state index in [1.54, 1.807) is 6.20 Å². The van der Waals surface area contributed by atoms with Crippen molar-refractivity contribution in [2.45, 2.75) is 38.9 Å². The third-order valence-corrected chi connectivity index (χ3v) is 4.92. The fourth-order valence-corrected chi connectivity index (χ4v) is 3.45. The second-order valence-corrected chi connectivity index (χ2v) is 7.12. The van der Waals surface area contributed by atoms with Crippen LogP contribution in [0.25, 0.3) is 5.82 Å².